The van der Waals surface area contributed by atoms with E-state index in [1.807, 2.05) is 0 Å². The summed E-state index contributed by atoms with van der Waals surface area (Å²) >= 11 is 0. The fraction of sp³-hybridized carbons (Fsp3) is 0.345. The Balaban J connectivity index is 1.76. The number of carbonyl (C=O) groups is 1. The molecule has 2 atom stereocenters. The van der Waals surface area contributed by atoms with Crippen molar-refractivity contribution in [2.45, 2.75) is 57.7 Å². The molecule has 1 heterocycles. The van der Waals surface area contributed by atoms with Gasteiger partial charge in [0, 0.05) is 17.2 Å². The summed E-state index contributed by atoms with van der Waals surface area (Å²) < 4.78 is 121. The van der Waals surface area contributed by atoms with Gasteiger partial charge in [-0.25, -0.2) is 13.6 Å². The Morgan fingerprint density at radius 3 is 2.05 bits per heavy atom. The van der Waals surface area contributed by atoms with Crippen LogP contribution < -0.4 is 4.74 Å². The number of carbonyl (C=O) groups excluding carboxylic acids is 1. The molecular formula is C29H25F8NO3. The third kappa shape index (κ3) is 5.96. The lowest BCUT2D eigenvalue weighted by atomic mass is 9.92. The molecule has 0 saturated carbocycles. The Kier molecular flexibility index (Phi) is 7.99. The number of hydrogen-bond donors (Lipinski definition) is 0. The molecule has 1 amide bonds. The number of hydrogen-bond acceptors (Lipinski definition) is 3. The van der Waals surface area contributed by atoms with E-state index in [1.165, 1.54) is 32.2 Å². The molecule has 12 heteroatoms. The summed E-state index contributed by atoms with van der Waals surface area (Å²) in [6.07, 6.45) is -12.7. The monoisotopic (exact) mass is 587 g/mol. The first-order chi connectivity index (χ1) is 19.0. The average molecular weight is 588 g/mol. The number of alkyl halides is 6. The van der Waals surface area contributed by atoms with E-state index in [1.54, 1.807) is 13.8 Å². The zero-order valence-corrected chi connectivity index (χ0v) is 22.3. The molecular weight excluding hydrogens is 562 g/mol. The maximum absolute atomic E-state index is 15.3. The molecule has 1 saturated heterocycles. The van der Waals surface area contributed by atoms with Crippen LogP contribution in [0.25, 0.3) is 11.1 Å². The van der Waals surface area contributed by atoms with Gasteiger partial charge in [0.05, 0.1) is 30.8 Å². The van der Waals surface area contributed by atoms with Crippen molar-refractivity contribution in [1.82, 2.24) is 4.90 Å². The minimum Gasteiger partial charge on any atom is -0.496 e. The lowest BCUT2D eigenvalue weighted by Gasteiger charge is -2.24. The predicted octanol–water partition coefficient (Wildman–Crippen LogP) is 8.88. The number of halogens is 8. The standard InChI is InChI=1S/C29H25F8NO3/c1-14(2)20-11-21(25(40-4)12-24(20)31)19-6-5-7-23(30)22(19)13-38-15(3)26(41-27(38)39)16-8-17(28(32,33)34)10-18(9-16)29(35,36)37/h5-12,14-15,26H,13H2,1-4H3/t15-,26-/m0/s1. The van der Waals surface area contributed by atoms with Gasteiger partial charge in [0.1, 0.15) is 23.5 Å². The Hall–Kier alpha value is -3.83. The predicted molar refractivity (Wildman–Crippen MR) is 133 cm³/mol. The molecule has 4 nitrogen and oxygen atoms in total. The number of methoxy groups -OCH3 is 1. The summed E-state index contributed by atoms with van der Waals surface area (Å²) in [4.78, 5) is 13.9. The Labute approximate surface area is 230 Å². The van der Waals surface area contributed by atoms with Crippen LogP contribution in [0.5, 0.6) is 5.75 Å². The normalized spacial score (nSPS) is 17.8. The third-order valence-electron chi connectivity index (χ3n) is 7.01. The van der Waals surface area contributed by atoms with Gasteiger partial charge in [-0.05, 0) is 59.9 Å². The summed E-state index contributed by atoms with van der Waals surface area (Å²) in [7, 11) is 1.31. The molecule has 220 valence electrons. The maximum atomic E-state index is 15.3. The second-order valence-corrected chi connectivity index (χ2v) is 10.0. The van der Waals surface area contributed by atoms with Gasteiger partial charge < -0.3 is 9.47 Å². The summed E-state index contributed by atoms with van der Waals surface area (Å²) in [5.41, 5.74) is -2.73. The molecule has 1 fully saturated rings. The zero-order chi connectivity index (χ0) is 30.4. The van der Waals surface area contributed by atoms with E-state index in [-0.39, 0.29) is 28.9 Å². The Morgan fingerprint density at radius 1 is 0.902 bits per heavy atom. The number of nitrogens with zero attached hydrogens (tertiary/aromatic N) is 1. The van der Waals surface area contributed by atoms with E-state index in [0.717, 1.165) is 17.0 Å². The van der Waals surface area contributed by atoms with Crippen LogP contribution in [-0.2, 0) is 23.6 Å². The van der Waals surface area contributed by atoms with Crippen molar-refractivity contribution in [2.75, 3.05) is 7.11 Å². The van der Waals surface area contributed by atoms with E-state index in [2.05, 4.69) is 0 Å². The van der Waals surface area contributed by atoms with Crippen LogP contribution in [0.3, 0.4) is 0 Å². The molecule has 41 heavy (non-hydrogen) atoms. The number of ether oxygens (including phenoxy) is 2. The topological polar surface area (TPSA) is 38.8 Å². The number of amides is 1. The van der Waals surface area contributed by atoms with E-state index in [4.69, 9.17) is 9.47 Å². The lowest BCUT2D eigenvalue weighted by Crippen LogP contribution is -2.32. The van der Waals surface area contributed by atoms with E-state index < -0.39 is 65.5 Å². The highest BCUT2D eigenvalue weighted by molar-refractivity contribution is 5.76. The SMILES string of the molecule is COc1cc(F)c(C(C)C)cc1-c1cccc(F)c1CN1C(=O)O[C@H](c2cc(C(F)(F)F)cc(C(F)(F)F)c2)[C@@H]1C. The van der Waals surface area contributed by atoms with Crippen LogP contribution in [-0.4, -0.2) is 24.1 Å². The molecule has 0 bridgehead atoms. The first-order valence-corrected chi connectivity index (χ1v) is 12.4. The highest BCUT2D eigenvalue weighted by Gasteiger charge is 2.43. The summed E-state index contributed by atoms with van der Waals surface area (Å²) in [5.74, 6) is -1.42. The van der Waals surface area contributed by atoms with Crippen LogP contribution in [0.2, 0.25) is 0 Å². The van der Waals surface area contributed by atoms with Crippen molar-refractivity contribution >= 4 is 6.09 Å². The van der Waals surface area contributed by atoms with Crippen LogP contribution >= 0.6 is 0 Å². The van der Waals surface area contributed by atoms with Crippen molar-refractivity contribution in [3.63, 3.8) is 0 Å². The van der Waals surface area contributed by atoms with Crippen LogP contribution in [0, 0.1) is 11.6 Å². The first-order valence-electron chi connectivity index (χ1n) is 12.4. The third-order valence-corrected chi connectivity index (χ3v) is 7.01. The van der Waals surface area contributed by atoms with Crippen LogP contribution in [0.4, 0.5) is 39.9 Å². The Morgan fingerprint density at radius 2 is 1.51 bits per heavy atom. The quantitative estimate of drug-likeness (QED) is 0.271. The van der Waals surface area contributed by atoms with Crippen molar-refractivity contribution in [3.05, 3.63) is 88.0 Å². The van der Waals surface area contributed by atoms with E-state index in [9.17, 15) is 35.5 Å². The zero-order valence-electron chi connectivity index (χ0n) is 22.3. The van der Waals surface area contributed by atoms with Gasteiger partial charge in [-0.15, -0.1) is 0 Å². The Bertz CT molecular complexity index is 1430. The van der Waals surface area contributed by atoms with Crippen molar-refractivity contribution in [3.8, 4) is 16.9 Å². The van der Waals surface area contributed by atoms with Gasteiger partial charge in [0.25, 0.3) is 0 Å². The van der Waals surface area contributed by atoms with Gasteiger partial charge in [0.15, 0.2) is 0 Å². The molecule has 3 aromatic carbocycles. The minimum atomic E-state index is -5.09. The van der Waals surface area contributed by atoms with Gasteiger partial charge in [0.2, 0.25) is 0 Å². The van der Waals surface area contributed by atoms with Crippen molar-refractivity contribution in [1.29, 1.82) is 0 Å². The fourth-order valence-corrected chi connectivity index (χ4v) is 4.84. The molecule has 1 aliphatic rings. The van der Waals surface area contributed by atoms with Gasteiger partial charge in [-0.3, -0.25) is 4.90 Å². The second-order valence-electron chi connectivity index (χ2n) is 10.0. The summed E-state index contributed by atoms with van der Waals surface area (Å²) in [6.45, 7) is 4.46. The second kappa shape index (κ2) is 10.9. The number of benzene rings is 3. The molecule has 0 unspecified atom stereocenters. The minimum absolute atomic E-state index is 0.0180. The highest BCUT2D eigenvalue weighted by Crippen LogP contribution is 2.42. The molecule has 3 aromatic rings. The molecule has 0 aromatic heterocycles. The summed E-state index contributed by atoms with van der Waals surface area (Å²) in [5, 5.41) is 0. The van der Waals surface area contributed by atoms with E-state index >= 15 is 4.39 Å². The first kappa shape index (κ1) is 30.1. The molecule has 0 N–H and O–H groups in total. The molecule has 0 radical (unpaired) electrons. The van der Waals surface area contributed by atoms with Crippen LogP contribution in [0.1, 0.15) is 60.6 Å². The average Bonchev–Trinajstić information content (AvgIpc) is 3.16. The number of rotatable bonds is 6. The maximum Gasteiger partial charge on any atom is 0.416 e. The van der Waals surface area contributed by atoms with Crippen molar-refractivity contribution in [2.24, 2.45) is 0 Å². The molecule has 0 aliphatic carbocycles. The lowest BCUT2D eigenvalue weighted by molar-refractivity contribution is -0.143. The fourth-order valence-electron chi connectivity index (χ4n) is 4.84. The highest BCUT2D eigenvalue weighted by atomic mass is 19.4. The smallest absolute Gasteiger partial charge is 0.416 e. The molecule has 0 spiro atoms. The van der Waals surface area contributed by atoms with Crippen LogP contribution in [0.15, 0.2) is 48.5 Å². The van der Waals surface area contributed by atoms with Gasteiger partial charge >= 0.3 is 18.4 Å². The summed E-state index contributed by atoms with van der Waals surface area (Å²) in [6, 6.07) is 6.63. The van der Waals surface area contributed by atoms with E-state index in [0.29, 0.717) is 23.3 Å². The molecule has 4 rings (SSSR count). The largest absolute Gasteiger partial charge is 0.496 e. The van der Waals surface area contributed by atoms with Gasteiger partial charge in [-0.2, -0.15) is 26.3 Å². The molecule has 1 aliphatic heterocycles. The van der Waals surface area contributed by atoms with Crippen molar-refractivity contribution < 1.29 is 49.4 Å². The number of cyclic esters (lactones) is 1. The van der Waals surface area contributed by atoms with Gasteiger partial charge in [-0.1, -0.05) is 26.0 Å².